The summed E-state index contributed by atoms with van der Waals surface area (Å²) in [7, 11) is -3.40. The molecule has 5 nitrogen and oxygen atoms in total. The van der Waals surface area contributed by atoms with Crippen molar-refractivity contribution < 1.29 is 13.5 Å². The number of sulfonamides is 1. The van der Waals surface area contributed by atoms with E-state index in [-0.39, 0.29) is 6.61 Å². The minimum absolute atomic E-state index is 0.350. The Morgan fingerprint density at radius 1 is 1.30 bits per heavy atom. The standard InChI is InChI=1S/C13H19ClN2O3S/c1-11(10-17)20(18,19)16-7-5-15(6-8-16)13-4-2-3-12(14)9-13/h2-4,9,11,17H,5-8,10H2,1H3. The Morgan fingerprint density at radius 3 is 2.50 bits per heavy atom. The zero-order valence-corrected chi connectivity index (χ0v) is 12.9. The van der Waals surface area contributed by atoms with E-state index in [4.69, 9.17) is 16.7 Å². The molecule has 1 aliphatic rings. The molecule has 2 rings (SSSR count). The molecule has 1 N–H and O–H groups in total. The largest absolute Gasteiger partial charge is 0.395 e. The number of nitrogens with zero attached hydrogens (tertiary/aromatic N) is 2. The highest BCUT2D eigenvalue weighted by Gasteiger charge is 2.31. The predicted molar refractivity (Wildman–Crippen MR) is 80.7 cm³/mol. The second-order valence-electron chi connectivity index (χ2n) is 4.90. The zero-order chi connectivity index (χ0) is 14.8. The molecule has 0 spiro atoms. The molecule has 0 saturated carbocycles. The summed E-state index contributed by atoms with van der Waals surface area (Å²) in [6.07, 6.45) is 0. The molecule has 20 heavy (non-hydrogen) atoms. The van der Waals surface area contributed by atoms with E-state index in [1.54, 1.807) is 0 Å². The number of rotatable bonds is 4. The number of piperazine rings is 1. The molecule has 7 heteroatoms. The topological polar surface area (TPSA) is 60.9 Å². The first-order valence-electron chi connectivity index (χ1n) is 6.55. The number of aliphatic hydroxyl groups is 1. The number of hydrogen-bond donors (Lipinski definition) is 1. The van der Waals surface area contributed by atoms with Crippen LogP contribution in [0.4, 0.5) is 5.69 Å². The Bertz CT molecular complexity index is 556. The van der Waals surface area contributed by atoms with Gasteiger partial charge in [-0.1, -0.05) is 17.7 Å². The van der Waals surface area contributed by atoms with E-state index in [0.717, 1.165) is 5.69 Å². The van der Waals surface area contributed by atoms with Crippen LogP contribution in [0, 0.1) is 0 Å². The van der Waals surface area contributed by atoms with Crippen LogP contribution in [0.5, 0.6) is 0 Å². The molecule has 1 atom stereocenters. The van der Waals surface area contributed by atoms with Crippen LogP contribution in [-0.4, -0.2) is 55.9 Å². The smallest absolute Gasteiger partial charge is 0.219 e. The van der Waals surface area contributed by atoms with Crippen LogP contribution in [0.2, 0.25) is 5.02 Å². The number of aliphatic hydroxyl groups excluding tert-OH is 1. The fourth-order valence-corrected chi connectivity index (χ4v) is 3.78. The lowest BCUT2D eigenvalue weighted by Crippen LogP contribution is -2.51. The maximum absolute atomic E-state index is 12.1. The Morgan fingerprint density at radius 2 is 1.95 bits per heavy atom. The lowest BCUT2D eigenvalue weighted by atomic mass is 10.2. The zero-order valence-electron chi connectivity index (χ0n) is 11.4. The van der Waals surface area contributed by atoms with Gasteiger partial charge in [-0.3, -0.25) is 0 Å². The number of hydrogen-bond acceptors (Lipinski definition) is 4. The van der Waals surface area contributed by atoms with Crippen LogP contribution in [0.15, 0.2) is 24.3 Å². The van der Waals surface area contributed by atoms with Crippen molar-refractivity contribution >= 4 is 27.3 Å². The summed E-state index contributed by atoms with van der Waals surface area (Å²) in [5.41, 5.74) is 1.00. The summed E-state index contributed by atoms with van der Waals surface area (Å²) < 4.78 is 25.7. The van der Waals surface area contributed by atoms with E-state index in [1.807, 2.05) is 24.3 Å². The van der Waals surface area contributed by atoms with Gasteiger partial charge in [0.25, 0.3) is 0 Å². The van der Waals surface area contributed by atoms with Gasteiger partial charge in [-0.15, -0.1) is 0 Å². The van der Waals surface area contributed by atoms with E-state index in [1.165, 1.54) is 11.2 Å². The van der Waals surface area contributed by atoms with Crippen LogP contribution in [0.1, 0.15) is 6.92 Å². The van der Waals surface area contributed by atoms with Gasteiger partial charge in [0.05, 0.1) is 11.9 Å². The molecule has 112 valence electrons. The second-order valence-corrected chi connectivity index (χ2v) is 7.69. The van der Waals surface area contributed by atoms with Crippen LogP contribution < -0.4 is 4.90 Å². The van der Waals surface area contributed by atoms with Crippen LogP contribution in [-0.2, 0) is 10.0 Å². The highest BCUT2D eigenvalue weighted by atomic mass is 35.5. The number of benzene rings is 1. The molecule has 0 amide bonds. The van der Waals surface area contributed by atoms with Crippen molar-refractivity contribution in [3.63, 3.8) is 0 Å². The summed E-state index contributed by atoms with van der Waals surface area (Å²) in [5, 5.41) is 8.95. The fraction of sp³-hybridized carbons (Fsp3) is 0.538. The molecule has 0 radical (unpaired) electrons. The van der Waals surface area contributed by atoms with E-state index < -0.39 is 15.3 Å². The molecule has 0 bridgehead atoms. The molecule has 1 fully saturated rings. The molecule has 1 aromatic carbocycles. The van der Waals surface area contributed by atoms with Gasteiger partial charge in [0, 0.05) is 36.9 Å². The maximum Gasteiger partial charge on any atom is 0.219 e. The minimum Gasteiger partial charge on any atom is -0.395 e. The molecule has 1 heterocycles. The third-order valence-electron chi connectivity index (χ3n) is 3.54. The van der Waals surface area contributed by atoms with Crippen LogP contribution in [0.25, 0.3) is 0 Å². The van der Waals surface area contributed by atoms with Crippen molar-refractivity contribution in [2.45, 2.75) is 12.2 Å². The van der Waals surface area contributed by atoms with E-state index >= 15 is 0 Å². The highest BCUT2D eigenvalue weighted by molar-refractivity contribution is 7.89. The quantitative estimate of drug-likeness (QED) is 0.905. The summed E-state index contributed by atoms with van der Waals surface area (Å²) in [5.74, 6) is 0. The minimum atomic E-state index is -3.40. The first-order chi connectivity index (χ1) is 9.45. The van der Waals surface area contributed by atoms with Gasteiger partial charge < -0.3 is 10.0 Å². The van der Waals surface area contributed by atoms with Crippen molar-refractivity contribution in [2.24, 2.45) is 0 Å². The molecule has 0 aromatic heterocycles. The second kappa shape index (κ2) is 6.30. The normalized spacial score (nSPS) is 19.1. The van der Waals surface area contributed by atoms with Gasteiger partial charge in [0.15, 0.2) is 0 Å². The third-order valence-corrected chi connectivity index (χ3v) is 6.02. The van der Waals surface area contributed by atoms with Crippen molar-refractivity contribution in [2.75, 3.05) is 37.7 Å². The van der Waals surface area contributed by atoms with Gasteiger partial charge in [-0.05, 0) is 25.1 Å². The van der Waals surface area contributed by atoms with Crippen molar-refractivity contribution in [3.05, 3.63) is 29.3 Å². The van der Waals surface area contributed by atoms with E-state index in [9.17, 15) is 8.42 Å². The molecule has 1 unspecified atom stereocenters. The van der Waals surface area contributed by atoms with Crippen molar-refractivity contribution in [3.8, 4) is 0 Å². The fourth-order valence-electron chi connectivity index (χ4n) is 2.22. The predicted octanol–water partition coefficient (Wildman–Crippen LogP) is 1.17. The molecular weight excluding hydrogens is 300 g/mol. The van der Waals surface area contributed by atoms with Gasteiger partial charge in [0.1, 0.15) is 0 Å². The van der Waals surface area contributed by atoms with Crippen molar-refractivity contribution in [1.29, 1.82) is 0 Å². The van der Waals surface area contributed by atoms with E-state index in [0.29, 0.717) is 31.2 Å². The Hall–Kier alpha value is -0.820. The first-order valence-corrected chi connectivity index (χ1v) is 8.43. The van der Waals surface area contributed by atoms with Gasteiger partial charge in [-0.2, -0.15) is 4.31 Å². The maximum atomic E-state index is 12.1. The average Bonchev–Trinajstić information content (AvgIpc) is 2.46. The lowest BCUT2D eigenvalue weighted by molar-refractivity contribution is 0.287. The van der Waals surface area contributed by atoms with Gasteiger partial charge >= 0.3 is 0 Å². The SMILES string of the molecule is CC(CO)S(=O)(=O)N1CCN(c2cccc(Cl)c2)CC1. The van der Waals surface area contributed by atoms with Crippen LogP contribution in [0.3, 0.4) is 0 Å². The molecule has 0 aliphatic carbocycles. The summed E-state index contributed by atoms with van der Waals surface area (Å²) in [4.78, 5) is 2.11. The van der Waals surface area contributed by atoms with E-state index in [2.05, 4.69) is 4.90 Å². The van der Waals surface area contributed by atoms with Gasteiger partial charge in [0.2, 0.25) is 10.0 Å². The Kier molecular flexibility index (Phi) is 4.90. The first kappa shape index (κ1) is 15.6. The Balaban J connectivity index is 2.03. The van der Waals surface area contributed by atoms with Crippen molar-refractivity contribution in [1.82, 2.24) is 4.31 Å². The number of halogens is 1. The summed E-state index contributed by atoms with van der Waals surface area (Å²) in [6, 6.07) is 7.54. The lowest BCUT2D eigenvalue weighted by Gasteiger charge is -2.36. The molecule has 1 saturated heterocycles. The molecular formula is C13H19ClN2O3S. The monoisotopic (exact) mass is 318 g/mol. The average molecular weight is 319 g/mol. The van der Waals surface area contributed by atoms with Gasteiger partial charge in [-0.25, -0.2) is 8.42 Å². The molecule has 1 aliphatic heterocycles. The highest BCUT2D eigenvalue weighted by Crippen LogP contribution is 2.22. The Labute approximate surface area is 124 Å². The third kappa shape index (κ3) is 3.25. The summed E-state index contributed by atoms with van der Waals surface area (Å²) >= 11 is 5.96. The molecule has 1 aromatic rings. The summed E-state index contributed by atoms with van der Waals surface area (Å²) in [6.45, 7) is 3.28. The van der Waals surface area contributed by atoms with Crippen LogP contribution >= 0.6 is 11.6 Å². The number of anilines is 1.